The van der Waals surface area contributed by atoms with E-state index in [1.165, 1.54) is 20.3 Å². The van der Waals surface area contributed by atoms with Crippen molar-refractivity contribution < 1.29 is 19.5 Å². The van der Waals surface area contributed by atoms with E-state index in [4.69, 9.17) is 9.47 Å². The number of aliphatic hydroxyl groups is 1. The van der Waals surface area contributed by atoms with Crippen molar-refractivity contribution >= 4 is 5.69 Å². The quantitative estimate of drug-likeness (QED) is 0.400. The molecule has 0 aliphatic rings. The van der Waals surface area contributed by atoms with Crippen LogP contribution in [0.5, 0.6) is 5.75 Å². The summed E-state index contributed by atoms with van der Waals surface area (Å²) >= 11 is 0. The zero-order valence-corrected chi connectivity index (χ0v) is 11.7. The van der Waals surface area contributed by atoms with E-state index in [0.717, 1.165) is 5.56 Å². The Bertz CT molecular complexity index is 439. The second kappa shape index (κ2) is 8.47. The SMILES string of the molecule is COCC(O)CCNCc1ccc(OC)c([N+](=O)[O-])c1. The molecule has 0 spiro atoms. The number of nitro groups is 1. The van der Waals surface area contributed by atoms with Crippen molar-refractivity contribution in [2.45, 2.75) is 19.1 Å². The number of nitro benzene ring substituents is 1. The number of methoxy groups -OCH3 is 2. The third-order valence-corrected chi connectivity index (χ3v) is 2.78. The van der Waals surface area contributed by atoms with E-state index in [1.54, 1.807) is 12.1 Å². The summed E-state index contributed by atoms with van der Waals surface area (Å²) in [5.74, 6) is 0.245. The largest absolute Gasteiger partial charge is 0.490 e. The third kappa shape index (κ3) is 5.12. The molecule has 0 saturated carbocycles. The standard InChI is InChI=1S/C13H20N2O5/c1-19-9-11(16)5-6-14-8-10-3-4-13(20-2)12(7-10)15(17)18/h3-4,7,11,14,16H,5-6,8-9H2,1-2H3. The molecule has 0 radical (unpaired) electrons. The summed E-state index contributed by atoms with van der Waals surface area (Å²) in [5, 5.41) is 23.5. The van der Waals surface area contributed by atoms with Crippen LogP contribution in [0.3, 0.4) is 0 Å². The van der Waals surface area contributed by atoms with Gasteiger partial charge in [0.05, 0.1) is 24.7 Å². The van der Waals surface area contributed by atoms with Crippen LogP contribution in [0.1, 0.15) is 12.0 Å². The Labute approximate surface area is 117 Å². The van der Waals surface area contributed by atoms with Gasteiger partial charge in [-0.25, -0.2) is 0 Å². The Hall–Kier alpha value is -1.70. The van der Waals surface area contributed by atoms with Gasteiger partial charge >= 0.3 is 5.69 Å². The number of aliphatic hydroxyl groups excluding tert-OH is 1. The Balaban J connectivity index is 2.48. The van der Waals surface area contributed by atoms with Crippen LogP contribution in [0, 0.1) is 10.1 Å². The van der Waals surface area contributed by atoms with Gasteiger partial charge in [0.15, 0.2) is 5.75 Å². The molecule has 1 aromatic rings. The third-order valence-electron chi connectivity index (χ3n) is 2.78. The van der Waals surface area contributed by atoms with E-state index in [0.29, 0.717) is 26.1 Å². The first kappa shape index (κ1) is 16.4. The lowest BCUT2D eigenvalue weighted by molar-refractivity contribution is -0.385. The van der Waals surface area contributed by atoms with E-state index in [2.05, 4.69) is 5.32 Å². The maximum atomic E-state index is 10.9. The highest BCUT2D eigenvalue weighted by molar-refractivity contribution is 5.48. The Kier molecular flexibility index (Phi) is 6.92. The molecule has 20 heavy (non-hydrogen) atoms. The van der Waals surface area contributed by atoms with Gasteiger partial charge in [0.1, 0.15) is 0 Å². The number of nitrogens with zero attached hydrogens (tertiary/aromatic N) is 1. The van der Waals surface area contributed by atoms with Crippen molar-refractivity contribution in [2.75, 3.05) is 27.4 Å². The lowest BCUT2D eigenvalue weighted by Crippen LogP contribution is -2.23. The van der Waals surface area contributed by atoms with Gasteiger partial charge in [-0.15, -0.1) is 0 Å². The Morgan fingerprint density at radius 1 is 1.45 bits per heavy atom. The predicted molar refractivity (Wildman–Crippen MR) is 73.9 cm³/mol. The molecule has 0 bridgehead atoms. The van der Waals surface area contributed by atoms with E-state index >= 15 is 0 Å². The molecule has 112 valence electrons. The van der Waals surface area contributed by atoms with Crippen LogP contribution in [0.15, 0.2) is 18.2 Å². The molecule has 0 aliphatic carbocycles. The molecule has 0 heterocycles. The van der Waals surface area contributed by atoms with Crippen molar-refractivity contribution in [1.29, 1.82) is 0 Å². The van der Waals surface area contributed by atoms with Crippen molar-refractivity contribution in [3.63, 3.8) is 0 Å². The highest BCUT2D eigenvalue weighted by Gasteiger charge is 2.14. The topological polar surface area (TPSA) is 93.9 Å². The fourth-order valence-corrected chi connectivity index (χ4v) is 1.77. The zero-order chi connectivity index (χ0) is 15.0. The summed E-state index contributed by atoms with van der Waals surface area (Å²) in [5.41, 5.74) is 0.741. The molecule has 0 amide bonds. The smallest absolute Gasteiger partial charge is 0.311 e. The second-order valence-corrected chi connectivity index (χ2v) is 4.34. The monoisotopic (exact) mass is 284 g/mol. The Morgan fingerprint density at radius 2 is 2.20 bits per heavy atom. The van der Waals surface area contributed by atoms with Crippen molar-refractivity contribution in [1.82, 2.24) is 5.32 Å². The lowest BCUT2D eigenvalue weighted by Gasteiger charge is -2.10. The minimum atomic E-state index is -0.502. The molecule has 0 aromatic heterocycles. The van der Waals surface area contributed by atoms with Crippen LogP contribution in [-0.2, 0) is 11.3 Å². The average molecular weight is 284 g/mol. The molecule has 1 atom stereocenters. The molecule has 1 rings (SSSR count). The molecular weight excluding hydrogens is 264 g/mol. The summed E-state index contributed by atoms with van der Waals surface area (Å²) in [6.07, 6.45) is 0.0595. The van der Waals surface area contributed by atoms with Gasteiger partial charge in [-0.1, -0.05) is 6.07 Å². The first-order valence-electron chi connectivity index (χ1n) is 6.27. The van der Waals surface area contributed by atoms with Gasteiger partial charge in [0.2, 0.25) is 0 Å². The summed E-state index contributed by atoms with van der Waals surface area (Å²) in [6.45, 7) is 1.39. The van der Waals surface area contributed by atoms with Crippen molar-refractivity contribution in [2.24, 2.45) is 0 Å². The van der Waals surface area contributed by atoms with Crippen LogP contribution < -0.4 is 10.1 Å². The van der Waals surface area contributed by atoms with Gasteiger partial charge in [0.25, 0.3) is 0 Å². The molecule has 2 N–H and O–H groups in total. The number of hydrogen-bond acceptors (Lipinski definition) is 6. The van der Waals surface area contributed by atoms with Gasteiger partial charge in [-0.05, 0) is 24.6 Å². The molecule has 1 unspecified atom stereocenters. The van der Waals surface area contributed by atoms with Gasteiger partial charge in [-0.3, -0.25) is 10.1 Å². The minimum Gasteiger partial charge on any atom is -0.490 e. The molecular formula is C13H20N2O5. The summed E-state index contributed by atoms with van der Waals surface area (Å²) < 4.78 is 9.76. The predicted octanol–water partition coefficient (Wildman–Crippen LogP) is 1.09. The highest BCUT2D eigenvalue weighted by Crippen LogP contribution is 2.27. The maximum Gasteiger partial charge on any atom is 0.311 e. The average Bonchev–Trinajstić information content (AvgIpc) is 2.43. The van der Waals surface area contributed by atoms with E-state index in [-0.39, 0.29) is 11.4 Å². The lowest BCUT2D eigenvalue weighted by atomic mass is 10.2. The molecule has 0 fully saturated rings. The number of ether oxygens (including phenoxy) is 2. The molecule has 7 heteroatoms. The first-order valence-corrected chi connectivity index (χ1v) is 6.27. The number of nitrogens with one attached hydrogen (secondary N) is 1. The van der Waals surface area contributed by atoms with Crippen LogP contribution >= 0.6 is 0 Å². The number of rotatable bonds is 9. The number of benzene rings is 1. The molecule has 7 nitrogen and oxygen atoms in total. The zero-order valence-electron chi connectivity index (χ0n) is 11.7. The van der Waals surface area contributed by atoms with Crippen LogP contribution in [-0.4, -0.2) is 43.5 Å². The highest BCUT2D eigenvalue weighted by atomic mass is 16.6. The van der Waals surface area contributed by atoms with Gasteiger partial charge in [-0.2, -0.15) is 0 Å². The van der Waals surface area contributed by atoms with E-state index < -0.39 is 11.0 Å². The molecule has 0 aliphatic heterocycles. The Morgan fingerprint density at radius 3 is 2.80 bits per heavy atom. The van der Waals surface area contributed by atoms with Crippen LogP contribution in [0.25, 0.3) is 0 Å². The number of hydrogen-bond donors (Lipinski definition) is 2. The maximum absolute atomic E-state index is 10.9. The van der Waals surface area contributed by atoms with Gasteiger partial charge < -0.3 is 19.9 Å². The first-order chi connectivity index (χ1) is 9.58. The fourth-order valence-electron chi connectivity index (χ4n) is 1.77. The summed E-state index contributed by atoms with van der Waals surface area (Å²) in [6, 6.07) is 4.83. The van der Waals surface area contributed by atoms with Crippen molar-refractivity contribution in [3.05, 3.63) is 33.9 Å². The fraction of sp³-hybridized carbons (Fsp3) is 0.538. The minimum absolute atomic E-state index is 0.0498. The summed E-state index contributed by atoms with van der Waals surface area (Å²) in [7, 11) is 2.94. The summed E-state index contributed by atoms with van der Waals surface area (Å²) in [4.78, 5) is 10.4. The molecule has 1 aromatic carbocycles. The van der Waals surface area contributed by atoms with Crippen molar-refractivity contribution in [3.8, 4) is 5.75 Å². The molecule has 0 saturated heterocycles. The van der Waals surface area contributed by atoms with Gasteiger partial charge in [0, 0.05) is 19.7 Å². The normalized spacial score (nSPS) is 12.2. The second-order valence-electron chi connectivity index (χ2n) is 4.34. The van der Waals surface area contributed by atoms with E-state index in [9.17, 15) is 15.2 Å². The van der Waals surface area contributed by atoms with Crippen LogP contribution in [0.4, 0.5) is 5.69 Å². The van der Waals surface area contributed by atoms with E-state index in [1.807, 2.05) is 0 Å². The van der Waals surface area contributed by atoms with Crippen LogP contribution in [0.2, 0.25) is 0 Å².